The molecule has 1 saturated carbocycles. The quantitative estimate of drug-likeness (QED) is 0.484. The van der Waals surface area contributed by atoms with Gasteiger partial charge in [-0.15, -0.1) is 0 Å². The highest BCUT2D eigenvalue weighted by Gasteiger charge is 2.51. The van der Waals surface area contributed by atoms with Crippen LogP contribution in [0, 0.1) is 37.5 Å². The number of hydrogen-bond acceptors (Lipinski definition) is 6. The van der Waals surface area contributed by atoms with E-state index in [-0.39, 0.29) is 28.2 Å². The first-order valence-corrected chi connectivity index (χ1v) is 13.0. The first kappa shape index (κ1) is 21.9. The molecule has 6 nitrogen and oxygen atoms in total. The Kier molecular flexibility index (Phi) is 5.66. The van der Waals surface area contributed by atoms with Gasteiger partial charge in [-0.05, 0) is 56.4 Å². The molecule has 0 heterocycles. The first-order chi connectivity index (χ1) is 14.6. The predicted molar refractivity (Wildman–Crippen MR) is 115 cm³/mol. The van der Waals surface area contributed by atoms with Crippen LogP contribution in [0.15, 0.2) is 70.5 Å². The minimum Gasteiger partial charge on any atom is -0.281 e. The summed E-state index contributed by atoms with van der Waals surface area (Å²) in [6.45, 7) is 3.45. The Balaban J connectivity index is 1.56. The molecule has 0 spiro atoms. The number of rotatable bonds is 6. The standard InChI is InChI=1S/C23H24O6S2/c1-15-3-9-19(10-4-15)30(25,26)23(24)22-18-8-7-17(13-18)21(22)14-29-31(27,28)20-11-5-16(2)6-12-20/h3-12,17-18,21-22H,13-14H2,1-2H3. The Hall–Kier alpha value is -2.29. The molecule has 0 radical (unpaired) electrons. The fourth-order valence-electron chi connectivity index (χ4n) is 4.46. The highest BCUT2D eigenvalue weighted by molar-refractivity contribution is 8.06. The summed E-state index contributed by atoms with van der Waals surface area (Å²) in [6.07, 6.45) is 4.42. The van der Waals surface area contributed by atoms with E-state index in [1.165, 1.54) is 24.3 Å². The van der Waals surface area contributed by atoms with E-state index in [1.54, 1.807) is 24.3 Å². The molecule has 164 valence electrons. The van der Waals surface area contributed by atoms with Crippen molar-refractivity contribution in [1.29, 1.82) is 0 Å². The van der Waals surface area contributed by atoms with Crippen molar-refractivity contribution in [2.24, 2.45) is 23.7 Å². The monoisotopic (exact) mass is 460 g/mol. The van der Waals surface area contributed by atoms with Gasteiger partial charge in [0, 0.05) is 11.8 Å². The maximum atomic E-state index is 13.2. The van der Waals surface area contributed by atoms with Gasteiger partial charge in [0.15, 0.2) is 0 Å². The Morgan fingerprint density at radius 3 is 1.94 bits per heavy atom. The van der Waals surface area contributed by atoms with Crippen LogP contribution in [0.2, 0.25) is 0 Å². The van der Waals surface area contributed by atoms with Crippen molar-refractivity contribution in [1.82, 2.24) is 0 Å². The molecule has 0 amide bonds. The van der Waals surface area contributed by atoms with Crippen LogP contribution in [0.3, 0.4) is 0 Å². The number of benzene rings is 2. The van der Waals surface area contributed by atoms with Crippen molar-refractivity contribution in [2.75, 3.05) is 6.61 Å². The van der Waals surface area contributed by atoms with E-state index in [4.69, 9.17) is 4.18 Å². The summed E-state index contributed by atoms with van der Waals surface area (Å²) in [5.74, 6) is -1.65. The van der Waals surface area contributed by atoms with Crippen molar-refractivity contribution in [2.45, 2.75) is 30.1 Å². The van der Waals surface area contributed by atoms with Gasteiger partial charge < -0.3 is 0 Å². The second kappa shape index (κ2) is 8.00. The van der Waals surface area contributed by atoms with Crippen LogP contribution in [0.5, 0.6) is 0 Å². The second-order valence-corrected chi connectivity index (χ2v) is 11.8. The number of allylic oxidation sites excluding steroid dienone is 2. The number of hydrogen-bond donors (Lipinski definition) is 0. The van der Waals surface area contributed by atoms with E-state index < -0.39 is 36.9 Å². The van der Waals surface area contributed by atoms with Crippen molar-refractivity contribution in [3.63, 3.8) is 0 Å². The lowest BCUT2D eigenvalue weighted by atomic mass is 9.84. The van der Waals surface area contributed by atoms with Gasteiger partial charge in [-0.3, -0.25) is 8.98 Å². The fourth-order valence-corrected chi connectivity index (χ4v) is 6.83. The molecule has 4 rings (SSSR count). The van der Waals surface area contributed by atoms with Gasteiger partial charge in [0.05, 0.1) is 16.4 Å². The fraction of sp³-hybridized carbons (Fsp3) is 0.348. The Bertz CT molecular complexity index is 1230. The molecule has 0 aliphatic heterocycles. The third kappa shape index (κ3) is 4.12. The average Bonchev–Trinajstić information content (AvgIpc) is 3.34. The zero-order valence-corrected chi connectivity index (χ0v) is 18.9. The molecule has 4 atom stereocenters. The predicted octanol–water partition coefficient (Wildman–Crippen LogP) is 3.45. The normalized spacial score (nSPS) is 25.1. The van der Waals surface area contributed by atoms with Crippen molar-refractivity contribution in [3.8, 4) is 0 Å². The third-order valence-electron chi connectivity index (χ3n) is 6.22. The van der Waals surface area contributed by atoms with Crippen LogP contribution >= 0.6 is 0 Å². The molecule has 2 aliphatic carbocycles. The zero-order chi connectivity index (χ0) is 22.4. The van der Waals surface area contributed by atoms with Gasteiger partial charge in [0.25, 0.3) is 15.2 Å². The molecular weight excluding hydrogens is 436 g/mol. The summed E-state index contributed by atoms with van der Waals surface area (Å²) in [6, 6.07) is 12.4. The molecule has 0 saturated heterocycles. The minimum atomic E-state index is -4.18. The van der Waals surface area contributed by atoms with Crippen LogP contribution in [0.1, 0.15) is 17.5 Å². The van der Waals surface area contributed by atoms with Gasteiger partial charge in [0.2, 0.25) is 9.84 Å². The molecule has 1 fully saturated rings. The van der Waals surface area contributed by atoms with Crippen molar-refractivity contribution in [3.05, 3.63) is 71.8 Å². The van der Waals surface area contributed by atoms with Crippen LogP contribution < -0.4 is 0 Å². The van der Waals surface area contributed by atoms with Crippen molar-refractivity contribution >= 4 is 25.1 Å². The number of fused-ring (bicyclic) bond motifs is 2. The summed E-state index contributed by atoms with van der Waals surface area (Å²) in [5, 5.41) is -0.866. The summed E-state index contributed by atoms with van der Waals surface area (Å²) in [5.41, 5.74) is 1.81. The molecule has 2 aromatic rings. The maximum absolute atomic E-state index is 13.2. The van der Waals surface area contributed by atoms with E-state index in [9.17, 15) is 21.6 Å². The maximum Gasteiger partial charge on any atom is 0.296 e. The third-order valence-corrected chi connectivity index (χ3v) is 9.21. The van der Waals surface area contributed by atoms with E-state index in [1.807, 2.05) is 26.0 Å². The zero-order valence-electron chi connectivity index (χ0n) is 17.3. The van der Waals surface area contributed by atoms with Crippen LogP contribution in [0.25, 0.3) is 0 Å². The van der Waals surface area contributed by atoms with Crippen LogP contribution in [-0.4, -0.2) is 28.6 Å². The lowest BCUT2D eigenvalue weighted by Gasteiger charge is -2.26. The molecular formula is C23H24O6S2. The molecule has 0 N–H and O–H groups in total. The van der Waals surface area contributed by atoms with Gasteiger partial charge in [0.1, 0.15) is 0 Å². The van der Waals surface area contributed by atoms with Gasteiger partial charge in [-0.1, -0.05) is 47.5 Å². The van der Waals surface area contributed by atoms with E-state index in [0.717, 1.165) is 11.1 Å². The number of carbonyl (C=O) groups excluding carboxylic acids is 1. The number of aryl methyl sites for hydroxylation is 2. The highest BCUT2D eigenvalue weighted by Crippen LogP contribution is 2.49. The average molecular weight is 461 g/mol. The SMILES string of the molecule is Cc1ccc(S(=O)(=O)OCC2C3C=CC(C3)C2C(=O)S(=O)(=O)c2ccc(C)cc2)cc1. The molecule has 2 aliphatic rings. The van der Waals surface area contributed by atoms with E-state index in [2.05, 4.69) is 0 Å². The number of carbonyl (C=O) groups is 1. The van der Waals surface area contributed by atoms with Gasteiger partial charge in [-0.2, -0.15) is 8.42 Å². The molecule has 8 heteroatoms. The number of sulfone groups is 1. The molecule has 4 unspecified atom stereocenters. The molecule has 31 heavy (non-hydrogen) atoms. The topological polar surface area (TPSA) is 94.6 Å². The largest absolute Gasteiger partial charge is 0.296 e. The van der Waals surface area contributed by atoms with Gasteiger partial charge in [-0.25, -0.2) is 8.42 Å². The lowest BCUT2D eigenvalue weighted by Crippen LogP contribution is -2.35. The Morgan fingerprint density at radius 2 is 1.35 bits per heavy atom. The Morgan fingerprint density at radius 1 is 0.839 bits per heavy atom. The molecule has 0 aromatic heterocycles. The molecule has 2 bridgehead atoms. The summed E-state index contributed by atoms with van der Waals surface area (Å²) in [4.78, 5) is 13.2. The summed E-state index contributed by atoms with van der Waals surface area (Å²) < 4.78 is 56.4. The summed E-state index contributed by atoms with van der Waals surface area (Å²) in [7, 11) is -8.19. The molecule has 2 aromatic carbocycles. The van der Waals surface area contributed by atoms with Gasteiger partial charge >= 0.3 is 0 Å². The van der Waals surface area contributed by atoms with E-state index >= 15 is 0 Å². The smallest absolute Gasteiger partial charge is 0.281 e. The highest BCUT2D eigenvalue weighted by atomic mass is 32.2. The van der Waals surface area contributed by atoms with Crippen LogP contribution in [-0.2, 0) is 28.9 Å². The second-order valence-electron chi connectivity index (χ2n) is 8.33. The van der Waals surface area contributed by atoms with Crippen molar-refractivity contribution < 1.29 is 25.8 Å². The van der Waals surface area contributed by atoms with E-state index in [0.29, 0.717) is 6.42 Å². The Labute approximate surface area is 183 Å². The first-order valence-electron chi connectivity index (χ1n) is 10.1. The minimum absolute atomic E-state index is 0.0342. The lowest BCUT2D eigenvalue weighted by molar-refractivity contribution is -0.117. The summed E-state index contributed by atoms with van der Waals surface area (Å²) >= 11 is 0. The van der Waals surface area contributed by atoms with Crippen LogP contribution in [0.4, 0.5) is 0 Å².